The molecule has 0 bridgehead atoms. The highest BCUT2D eigenvalue weighted by molar-refractivity contribution is 7.90. The van der Waals surface area contributed by atoms with Gasteiger partial charge in [0.15, 0.2) is 0 Å². The summed E-state index contributed by atoms with van der Waals surface area (Å²) in [5.74, 6) is 0. The van der Waals surface area contributed by atoms with Crippen molar-refractivity contribution in [3.8, 4) is 0 Å². The summed E-state index contributed by atoms with van der Waals surface area (Å²) in [4.78, 5) is 0. The summed E-state index contributed by atoms with van der Waals surface area (Å²) in [7, 11) is -3.26. The quantitative estimate of drug-likeness (QED) is 0.717. The van der Waals surface area contributed by atoms with Gasteiger partial charge in [-0.05, 0) is 26.3 Å². The van der Waals surface area contributed by atoms with Crippen molar-refractivity contribution in [3.63, 3.8) is 0 Å². The third-order valence-corrected chi connectivity index (χ3v) is 5.01. The summed E-state index contributed by atoms with van der Waals surface area (Å²) >= 11 is 0. The molecule has 2 heterocycles. The number of hydrogen-bond donors (Lipinski definition) is 3. The standard InChI is InChI=1S/C10H18N4O2S/c1-8(9-5-12-13-6-9)14-17(15,16)10-3-2-4-11-7-10/h5-6,8,10-11,14H,2-4,7H2,1H3,(H,12,13). The lowest BCUT2D eigenvalue weighted by Gasteiger charge is -2.24. The fourth-order valence-corrected chi connectivity index (χ4v) is 3.63. The van der Waals surface area contributed by atoms with E-state index in [0.717, 1.165) is 24.9 Å². The van der Waals surface area contributed by atoms with Gasteiger partial charge >= 0.3 is 0 Å². The molecule has 0 spiro atoms. The zero-order chi connectivity index (χ0) is 12.3. The van der Waals surface area contributed by atoms with E-state index in [-0.39, 0.29) is 11.3 Å². The lowest BCUT2D eigenvalue weighted by atomic mass is 10.2. The Morgan fingerprint density at radius 1 is 1.59 bits per heavy atom. The first-order chi connectivity index (χ1) is 8.09. The van der Waals surface area contributed by atoms with E-state index in [1.165, 1.54) is 0 Å². The van der Waals surface area contributed by atoms with Gasteiger partial charge in [0.25, 0.3) is 0 Å². The predicted molar refractivity (Wildman–Crippen MR) is 64.9 cm³/mol. The van der Waals surface area contributed by atoms with E-state index in [9.17, 15) is 8.42 Å². The molecule has 0 saturated carbocycles. The van der Waals surface area contributed by atoms with Crippen LogP contribution in [0.4, 0.5) is 0 Å². The molecule has 6 nitrogen and oxygen atoms in total. The van der Waals surface area contributed by atoms with Crippen LogP contribution in [0.15, 0.2) is 12.4 Å². The largest absolute Gasteiger partial charge is 0.315 e. The highest BCUT2D eigenvalue weighted by Gasteiger charge is 2.28. The number of aromatic nitrogens is 2. The van der Waals surface area contributed by atoms with Crippen LogP contribution in [0.5, 0.6) is 0 Å². The zero-order valence-corrected chi connectivity index (χ0v) is 10.6. The summed E-state index contributed by atoms with van der Waals surface area (Å²) in [6.45, 7) is 3.26. The third-order valence-electron chi connectivity index (χ3n) is 3.05. The Bertz CT molecular complexity index is 437. The zero-order valence-electron chi connectivity index (χ0n) is 9.81. The number of sulfonamides is 1. The Morgan fingerprint density at radius 2 is 2.41 bits per heavy atom. The lowest BCUT2D eigenvalue weighted by molar-refractivity contribution is 0.485. The molecule has 2 atom stereocenters. The van der Waals surface area contributed by atoms with Gasteiger partial charge in [0.05, 0.1) is 11.4 Å². The molecule has 3 N–H and O–H groups in total. The van der Waals surface area contributed by atoms with Crippen molar-refractivity contribution in [1.29, 1.82) is 0 Å². The van der Waals surface area contributed by atoms with Crippen LogP contribution in [-0.4, -0.2) is 37.0 Å². The van der Waals surface area contributed by atoms with Crippen molar-refractivity contribution in [2.75, 3.05) is 13.1 Å². The Labute approximate surface area is 101 Å². The first kappa shape index (κ1) is 12.5. The van der Waals surface area contributed by atoms with Gasteiger partial charge in [0.1, 0.15) is 0 Å². The van der Waals surface area contributed by atoms with Gasteiger partial charge in [-0.3, -0.25) is 5.10 Å². The fourth-order valence-electron chi connectivity index (χ4n) is 1.99. The average Bonchev–Trinajstić information content (AvgIpc) is 2.83. The van der Waals surface area contributed by atoms with Crippen molar-refractivity contribution in [2.24, 2.45) is 0 Å². The van der Waals surface area contributed by atoms with Gasteiger partial charge in [0.2, 0.25) is 10.0 Å². The molecule has 1 saturated heterocycles. The molecular weight excluding hydrogens is 240 g/mol. The molecule has 1 aromatic rings. The Balaban J connectivity index is 2.01. The van der Waals surface area contributed by atoms with Crippen LogP contribution in [0.2, 0.25) is 0 Å². The molecule has 7 heteroatoms. The summed E-state index contributed by atoms with van der Waals surface area (Å²) in [6, 6.07) is -0.249. The maximum Gasteiger partial charge on any atom is 0.216 e. The number of hydrogen-bond acceptors (Lipinski definition) is 4. The van der Waals surface area contributed by atoms with Crippen LogP contribution in [-0.2, 0) is 10.0 Å². The van der Waals surface area contributed by atoms with E-state index < -0.39 is 10.0 Å². The second kappa shape index (κ2) is 5.16. The second-order valence-electron chi connectivity index (χ2n) is 4.38. The summed E-state index contributed by atoms with van der Waals surface area (Å²) in [5, 5.41) is 9.28. The molecule has 2 rings (SSSR count). The summed E-state index contributed by atoms with van der Waals surface area (Å²) < 4.78 is 26.9. The molecule has 0 aliphatic carbocycles. The second-order valence-corrected chi connectivity index (χ2v) is 6.38. The van der Waals surface area contributed by atoms with Crippen molar-refractivity contribution in [3.05, 3.63) is 18.0 Å². The van der Waals surface area contributed by atoms with Crippen molar-refractivity contribution >= 4 is 10.0 Å². The molecule has 1 fully saturated rings. The van der Waals surface area contributed by atoms with E-state index in [0.29, 0.717) is 6.54 Å². The van der Waals surface area contributed by atoms with Crippen LogP contribution >= 0.6 is 0 Å². The number of piperidine rings is 1. The highest BCUT2D eigenvalue weighted by atomic mass is 32.2. The average molecular weight is 258 g/mol. The SMILES string of the molecule is CC(NS(=O)(=O)C1CCCNC1)c1cn[nH]c1. The van der Waals surface area contributed by atoms with Crippen molar-refractivity contribution < 1.29 is 8.42 Å². The Kier molecular flexibility index (Phi) is 3.80. The molecule has 0 radical (unpaired) electrons. The van der Waals surface area contributed by atoms with Gasteiger partial charge in [-0.1, -0.05) is 0 Å². The maximum absolute atomic E-state index is 12.1. The first-order valence-corrected chi connectivity index (χ1v) is 7.35. The molecule has 2 unspecified atom stereocenters. The molecule has 96 valence electrons. The van der Waals surface area contributed by atoms with Crippen molar-refractivity contribution in [1.82, 2.24) is 20.2 Å². The molecule has 0 aromatic carbocycles. The number of H-pyrrole nitrogens is 1. The predicted octanol–water partition coefficient (Wildman–Crippen LogP) is 0.142. The summed E-state index contributed by atoms with van der Waals surface area (Å²) in [5.41, 5.74) is 0.845. The van der Waals surface area contributed by atoms with Gasteiger partial charge < -0.3 is 5.32 Å². The third kappa shape index (κ3) is 3.05. The number of nitrogens with one attached hydrogen (secondary N) is 3. The number of aromatic amines is 1. The Hall–Kier alpha value is -0.920. The van der Waals surface area contributed by atoms with E-state index >= 15 is 0 Å². The minimum atomic E-state index is -3.26. The fraction of sp³-hybridized carbons (Fsp3) is 0.700. The molecular formula is C10H18N4O2S. The van der Waals surface area contributed by atoms with Gasteiger partial charge in [0, 0.05) is 24.3 Å². The minimum Gasteiger partial charge on any atom is -0.315 e. The number of rotatable bonds is 4. The van der Waals surface area contributed by atoms with Gasteiger partial charge in [-0.15, -0.1) is 0 Å². The lowest BCUT2D eigenvalue weighted by Crippen LogP contribution is -2.44. The maximum atomic E-state index is 12.1. The Morgan fingerprint density at radius 3 is 3.00 bits per heavy atom. The van der Waals surface area contributed by atoms with Crippen molar-refractivity contribution in [2.45, 2.75) is 31.1 Å². The normalized spacial score (nSPS) is 23.5. The van der Waals surface area contributed by atoms with Crippen LogP contribution < -0.4 is 10.0 Å². The minimum absolute atomic E-state index is 0.249. The smallest absolute Gasteiger partial charge is 0.216 e. The molecule has 1 aliphatic rings. The van der Waals surface area contributed by atoms with Crippen LogP contribution in [0.3, 0.4) is 0 Å². The monoisotopic (exact) mass is 258 g/mol. The van der Waals surface area contributed by atoms with E-state index in [2.05, 4.69) is 20.2 Å². The topological polar surface area (TPSA) is 86.9 Å². The van der Waals surface area contributed by atoms with Gasteiger partial charge in [-0.25, -0.2) is 13.1 Å². The molecule has 1 aliphatic heterocycles. The van der Waals surface area contributed by atoms with E-state index in [1.807, 2.05) is 6.92 Å². The van der Waals surface area contributed by atoms with Crippen LogP contribution in [0.25, 0.3) is 0 Å². The molecule has 17 heavy (non-hydrogen) atoms. The van der Waals surface area contributed by atoms with Crippen LogP contribution in [0, 0.1) is 0 Å². The summed E-state index contributed by atoms with van der Waals surface area (Å²) in [6.07, 6.45) is 4.96. The van der Waals surface area contributed by atoms with Gasteiger partial charge in [-0.2, -0.15) is 5.10 Å². The molecule has 0 amide bonds. The molecule has 1 aromatic heterocycles. The number of nitrogens with zero attached hydrogens (tertiary/aromatic N) is 1. The highest BCUT2D eigenvalue weighted by Crippen LogP contribution is 2.16. The van der Waals surface area contributed by atoms with Crippen LogP contribution in [0.1, 0.15) is 31.4 Å². The van der Waals surface area contributed by atoms with E-state index in [4.69, 9.17) is 0 Å². The van der Waals surface area contributed by atoms with E-state index in [1.54, 1.807) is 12.4 Å². The first-order valence-electron chi connectivity index (χ1n) is 5.80.